The summed E-state index contributed by atoms with van der Waals surface area (Å²) in [5, 5.41) is 8.60. The normalized spacial score (nSPS) is 23.1. The quantitative estimate of drug-likeness (QED) is 0.677. The van der Waals surface area contributed by atoms with Gasteiger partial charge in [0, 0.05) is 11.3 Å². The SMILES string of the molecule is CC1=NC(C/C=C(\C)C(=O)O)CC1. The third-order valence-electron chi connectivity index (χ3n) is 2.28. The molecule has 1 aliphatic heterocycles. The fraction of sp³-hybridized carbons (Fsp3) is 0.600. The van der Waals surface area contributed by atoms with Crippen LogP contribution in [-0.4, -0.2) is 22.8 Å². The second-order valence-corrected chi connectivity index (χ2v) is 3.48. The summed E-state index contributed by atoms with van der Waals surface area (Å²) in [5.74, 6) is -0.835. The maximum atomic E-state index is 10.5. The summed E-state index contributed by atoms with van der Waals surface area (Å²) >= 11 is 0. The Morgan fingerprint density at radius 2 is 2.46 bits per heavy atom. The molecule has 0 aromatic heterocycles. The molecule has 0 fully saturated rings. The minimum absolute atomic E-state index is 0.314. The molecule has 0 spiro atoms. The van der Waals surface area contributed by atoms with Gasteiger partial charge in [-0.15, -0.1) is 0 Å². The maximum absolute atomic E-state index is 10.5. The fourth-order valence-corrected chi connectivity index (χ4v) is 1.39. The summed E-state index contributed by atoms with van der Waals surface area (Å²) in [5.41, 5.74) is 1.60. The van der Waals surface area contributed by atoms with Crippen LogP contribution >= 0.6 is 0 Å². The summed E-state index contributed by atoms with van der Waals surface area (Å²) < 4.78 is 0. The summed E-state index contributed by atoms with van der Waals surface area (Å²) in [6.07, 6.45) is 4.64. The molecule has 1 atom stereocenters. The number of rotatable bonds is 3. The highest BCUT2D eigenvalue weighted by Gasteiger charge is 2.13. The molecule has 3 heteroatoms. The zero-order valence-electron chi connectivity index (χ0n) is 8.08. The molecule has 3 nitrogen and oxygen atoms in total. The van der Waals surface area contributed by atoms with Gasteiger partial charge in [0.25, 0.3) is 0 Å². The Morgan fingerprint density at radius 3 is 2.92 bits per heavy atom. The van der Waals surface area contributed by atoms with E-state index in [0.29, 0.717) is 11.6 Å². The predicted octanol–water partition coefficient (Wildman–Crippen LogP) is 2.03. The summed E-state index contributed by atoms with van der Waals surface area (Å²) in [6, 6.07) is 0.314. The Bertz CT molecular complexity index is 266. The number of aliphatic carboxylic acids is 1. The van der Waals surface area contributed by atoms with Gasteiger partial charge in [0.05, 0.1) is 6.04 Å². The topological polar surface area (TPSA) is 49.7 Å². The van der Waals surface area contributed by atoms with Crippen LogP contribution in [0.4, 0.5) is 0 Å². The average molecular weight is 181 g/mol. The summed E-state index contributed by atoms with van der Waals surface area (Å²) in [4.78, 5) is 14.9. The van der Waals surface area contributed by atoms with Gasteiger partial charge in [-0.1, -0.05) is 6.08 Å². The lowest BCUT2D eigenvalue weighted by Gasteiger charge is -2.01. The van der Waals surface area contributed by atoms with Crippen LogP contribution in [0.5, 0.6) is 0 Å². The molecule has 0 aliphatic carbocycles. The Balaban J connectivity index is 2.43. The Labute approximate surface area is 78.2 Å². The smallest absolute Gasteiger partial charge is 0.330 e. The third-order valence-corrected chi connectivity index (χ3v) is 2.28. The van der Waals surface area contributed by atoms with Crippen molar-refractivity contribution < 1.29 is 9.90 Å². The van der Waals surface area contributed by atoms with E-state index in [-0.39, 0.29) is 0 Å². The van der Waals surface area contributed by atoms with Gasteiger partial charge in [-0.3, -0.25) is 4.99 Å². The predicted molar refractivity (Wildman–Crippen MR) is 52.1 cm³/mol. The Morgan fingerprint density at radius 1 is 1.77 bits per heavy atom. The molecule has 0 saturated heterocycles. The minimum Gasteiger partial charge on any atom is -0.478 e. The lowest BCUT2D eigenvalue weighted by molar-refractivity contribution is -0.132. The highest BCUT2D eigenvalue weighted by atomic mass is 16.4. The number of hydrogen-bond donors (Lipinski definition) is 1. The monoisotopic (exact) mass is 181 g/mol. The van der Waals surface area contributed by atoms with Crippen LogP contribution < -0.4 is 0 Å². The standard InChI is InChI=1S/C10H15NO2/c1-7(10(12)13)3-5-9-6-4-8(2)11-9/h3,9H,4-6H2,1-2H3,(H,12,13)/b7-3+. The molecule has 13 heavy (non-hydrogen) atoms. The van der Waals surface area contributed by atoms with Gasteiger partial charge >= 0.3 is 5.97 Å². The first-order valence-electron chi connectivity index (χ1n) is 4.53. The molecule has 1 heterocycles. The van der Waals surface area contributed by atoms with Gasteiger partial charge in [-0.25, -0.2) is 4.79 Å². The number of aliphatic imine (C=N–C) groups is 1. The molecule has 72 valence electrons. The molecular formula is C10H15NO2. The molecule has 0 aromatic rings. The number of nitrogens with zero attached hydrogens (tertiary/aromatic N) is 1. The first-order valence-corrected chi connectivity index (χ1v) is 4.53. The van der Waals surface area contributed by atoms with E-state index < -0.39 is 5.97 Å². The number of carboxylic acid groups (broad SMARTS) is 1. The van der Waals surface area contributed by atoms with Gasteiger partial charge in [-0.2, -0.15) is 0 Å². The molecule has 1 unspecified atom stereocenters. The lowest BCUT2D eigenvalue weighted by atomic mass is 10.1. The number of carbonyl (C=O) groups is 1. The third kappa shape index (κ3) is 3.01. The molecule has 0 aromatic carbocycles. The van der Waals surface area contributed by atoms with E-state index in [4.69, 9.17) is 5.11 Å². The second kappa shape index (κ2) is 4.21. The van der Waals surface area contributed by atoms with Gasteiger partial charge in [0.1, 0.15) is 0 Å². The molecule has 0 bridgehead atoms. The molecule has 1 rings (SSSR count). The first kappa shape index (κ1) is 9.96. The Kier molecular flexibility index (Phi) is 3.23. The van der Waals surface area contributed by atoms with Gasteiger partial charge in [0.2, 0.25) is 0 Å². The van der Waals surface area contributed by atoms with E-state index in [2.05, 4.69) is 4.99 Å². The molecule has 0 amide bonds. The van der Waals surface area contributed by atoms with Crippen molar-refractivity contribution in [3.8, 4) is 0 Å². The van der Waals surface area contributed by atoms with E-state index in [9.17, 15) is 4.79 Å². The number of hydrogen-bond acceptors (Lipinski definition) is 2. The van der Waals surface area contributed by atoms with Gasteiger partial charge in [-0.05, 0) is 33.1 Å². The van der Waals surface area contributed by atoms with Crippen molar-refractivity contribution in [3.05, 3.63) is 11.6 Å². The summed E-state index contributed by atoms with van der Waals surface area (Å²) in [6.45, 7) is 3.64. The lowest BCUT2D eigenvalue weighted by Crippen LogP contribution is -2.00. The highest BCUT2D eigenvalue weighted by Crippen LogP contribution is 2.17. The van der Waals surface area contributed by atoms with Crippen molar-refractivity contribution in [2.45, 2.75) is 39.2 Å². The van der Waals surface area contributed by atoms with Crippen molar-refractivity contribution in [2.24, 2.45) is 4.99 Å². The van der Waals surface area contributed by atoms with Crippen LogP contribution in [0.3, 0.4) is 0 Å². The minimum atomic E-state index is -0.835. The zero-order chi connectivity index (χ0) is 9.84. The maximum Gasteiger partial charge on any atom is 0.330 e. The van der Waals surface area contributed by atoms with E-state index in [1.165, 1.54) is 5.71 Å². The van der Waals surface area contributed by atoms with Crippen LogP contribution in [0.15, 0.2) is 16.6 Å². The van der Waals surface area contributed by atoms with E-state index in [1.54, 1.807) is 13.0 Å². The van der Waals surface area contributed by atoms with Crippen LogP contribution in [0, 0.1) is 0 Å². The van der Waals surface area contributed by atoms with E-state index >= 15 is 0 Å². The van der Waals surface area contributed by atoms with Gasteiger partial charge in [0.15, 0.2) is 0 Å². The summed E-state index contributed by atoms with van der Waals surface area (Å²) in [7, 11) is 0. The largest absolute Gasteiger partial charge is 0.478 e. The van der Waals surface area contributed by atoms with E-state index in [0.717, 1.165) is 19.3 Å². The van der Waals surface area contributed by atoms with Gasteiger partial charge < -0.3 is 5.11 Å². The van der Waals surface area contributed by atoms with Crippen LogP contribution in [0.2, 0.25) is 0 Å². The van der Waals surface area contributed by atoms with Crippen molar-refractivity contribution in [3.63, 3.8) is 0 Å². The highest BCUT2D eigenvalue weighted by molar-refractivity contribution is 5.86. The van der Waals surface area contributed by atoms with Crippen molar-refractivity contribution in [1.82, 2.24) is 0 Å². The van der Waals surface area contributed by atoms with Crippen molar-refractivity contribution >= 4 is 11.7 Å². The van der Waals surface area contributed by atoms with Crippen LogP contribution in [0.1, 0.15) is 33.1 Å². The second-order valence-electron chi connectivity index (χ2n) is 3.48. The van der Waals surface area contributed by atoms with Crippen molar-refractivity contribution in [2.75, 3.05) is 0 Å². The molecule has 1 aliphatic rings. The van der Waals surface area contributed by atoms with Crippen LogP contribution in [-0.2, 0) is 4.79 Å². The Hall–Kier alpha value is -1.12. The fourth-order valence-electron chi connectivity index (χ4n) is 1.39. The molecule has 1 N–H and O–H groups in total. The van der Waals surface area contributed by atoms with Crippen molar-refractivity contribution in [1.29, 1.82) is 0 Å². The molecule has 0 radical (unpaired) electrons. The zero-order valence-corrected chi connectivity index (χ0v) is 8.08. The molecule has 0 saturated carbocycles. The number of carboxylic acids is 1. The first-order chi connectivity index (χ1) is 6.09. The van der Waals surface area contributed by atoms with E-state index in [1.807, 2.05) is 6.92 Å². The van der Waals surface area contributed by atoms with Crippen LogP contribution in [0.25, 0.3) is 0 Å². The average Bonchev–Trinajstić information content (AvgIpc) is 2.47. The molecular weight excluding hydrogens is 166 g/mol.